The summed E-state index contributed by atoms with van der Waals surface area (Å²) in [5, 5.41) is 66.4. The minimum Gasteiger partial charge on any atom is -0.507 e. The molecule has 0 unspecified atom stereocenters. The summed E-state index contributed by atoms with van der Waals surface area (Å²) in [6, 6.07) is 3.31. The highest BCUT2D eigenvalue weighted by Gasteiger charge is 2.29. The molecule has 0 amide bonds. The van der Waals surface area contributed by atoms with Crippen molar-refractivity contribution in [3.63, 3.8) is 0 Å². The molecule has 0 aliphatic rings. The van der Waals surface area contributed by atoms with Gasteiger partial charge in [-0.05, 0) is 54.0 Å². The first-order valence-corrected chi connectivity index (χ1v) is 16.3. The van der Waals surface area contributed by atoms with Crippen molar-refractivity contribution in [1.29, 1.82) is 0 Å². The lowest BCUT2D eigenvalue weighted by molar-refractivity contribution is 0.111. The van der Waals surface area contributed by atoms with Crippen LogP contribution in [0.15, 0.2) is 12.1 Å². The molecule has 4 aromatic rings. The predicted octanol–water partition coefficient (Wildman–Crippen LogP) is 7.06. The second-order valence-corrected chi connectivity index (χ2v) is 13.5. The van der Waals surface area contributed by atoms with E-state index in [4.69, 9.17) is 4.55 Å². The number of benzene rings is 4. The number of aryl methyl sites for hydroxylation is 2. The summed E-state index contributed by atoms with van der Waals surface area (Å²) in [7, 11) is -3.69. The maximum atomic E-state index is 12.0. The minimum absolute atomic E-state index is 0.00512. The topological polar surface area (TPSA) is 210 Å². The zero-order chi connectivity index (χ0) is 35.0. The molecule has 0 aliphatic carbocycles. The van der Waals surface area contributed by atoms with Gasteiger partial charge < -0.3 is 30.6 Å². The quantitative estimate of drug-likeness (QED) is 0.0580. The molecule has 0 saturated carbocycles. The molecule has 0 saturated heterocycles. The fraction of sp³-hybridized carbons (Fsp3) is 0.353. The van der Waals surface area contributed by atoms with Crippen molar-refractivity contribution < 1.29 is 53.2 Å². The maximum absolute atomic E-state index is 12.0. The van der Waals surface area contributed by atoms with Crippen LogP contribution >= 0.6 is 0 Å². The van der Waals surface area contributed by atoms with E-state index in [1.165, 1.54) is 0 Å². The number of carbonyl (C=O) groups excluding carboxylic acids is 2. The van der Waals surface area contributed by atoms with Gasteiger partial charge >= 0.3 is 0 Å². The molecular formula is C34H40O11S. The van der Waals surface area contributed by atoms with Gasteiger partial charge in [-0.2, -0.15) is 8.42 Å². The lowest BCUT2D eigenvalue weighted by Gasteiger charge is -2.23. The molecule has 4 rings (SSSR count). The normalized spacial score (nSPS) is 11.7. The molecule has 0 radical (unpaired) electrons. The van der Waals surface area contributed by atoms with Crippen molar-refractivity contribution in [3.05, 3.63) is 45.5 Å². The lowest BCUT2D eigenvalue weighted by Crippen LogP contribution is -2.02. The van der Waals surface area contributed by atoms with Crippen LogP contribution in [0.3, 0.4) is 0 Å². The third kappa shape index (κ3) is 6.27. The average molecular weight is 657 g/mol. The summed E-state index contributed by atoms with van der Waals surface area (Å²) in [4.78, 5) is 24.0. The Balaban J connectivity index is 0.000000637. The molecule has 46 heavy (non-hydrogen) atoms. The Morgan fingerprint density at radius 2 is 1.00 bits per heavy atom. The molecule has 248 valence electrons. The van der Waals surface area contributed by atoms with E-state index < -0.39 is 44.6 Å². The van der Waals surface area contributed by atoms with E-state index >= 15 is 0 Å². The molecule has 0 atom stereocenters. The van der Waals surface area contributed by atoms with Crippen molar-refractivity contribution in [2.24, 2.45) is 0 Å². The molecule has 12 heteroatoms. The molecule has 11 nitrogen and oxygen atoms in total. The molecule has 0 heterocycles. The van der Waals surface area contributed by atoms with E-state index in [9.17, 15) is 48.6 Å². The van der Waals surface area contributed by atoms with Crippen molar-refractivity contribution in [2.45, 2.75) is 73.1 Å². The van der Waals surface area contributed by atoms with E-state index in [1.807, 2.05) is 6.92 Å². The van der Waals surface area contributed by atoms with Gasteiger partial charge in [-0.1, -0.05) is 53.2 Å². The highest BCUT2D eigenvalue weighted by molar-refractivity contribution is 7.85. The van der Waals surface area contributed by atoms with Gasteiger partial charge in [-0.15, -0.1) is 0 Å². The summed E-state index contributed by atoms with van der Waals surface area (Å²) in [6.45, 7) is 12.4. The van der Waals surface area contributed by atoms with Crippen LogP contribution in [0.1, 0.15) is 102 Å². The summed E-state index contributed by atoms with van der Waals surface area (Å²) >= 11 is 0. The number of aromatic hydroxyl groups is 6. The van der Waals surface area contributed by atoms with E-state index in [2.05, 4.69) is 0 Å². The SMILES string of the molecule is CCCCS(=O)(=O)O.Cc1cc2c(C(C)C)c(O)c(O)c(C=O)c2c(O)c1-c1c(C)cc2c(C(C)C)c(O)c(O)c(C=O)c2c1O. The molecule has 0 aromatic heterocycles. The Labute approximate surface area is 267 Å². The monoisotopic (exact) mass is 656 g/mol. The number of hydrogen-bond donors (Lipinski definition) is 7. The summed E-state index contributed by atoms with van der Waals surface area (Å²) < 4.78 is 28.0. The van der Waals surface area contributed by atoms with Gasteiger partial charge in [-0.3, -0.25) is 14.1 Å². The number of rotatable bonds is 8. The van der Waals surface area contributed by atoms with Gasteiger partial charge in [-0.25, -0.2) is 0 Å². The van der Waals surface area contributed by atoms with Crippen LogP contribution in [0.4, 0.5) is 0 Å². The number of unbranched alkanes of at least 4 members (excludes halogenated alkanes) is 1. The number of phenols is 6. The Morgan fingerprint density at radius 3 is 1.24 bits per heavy atom. The lowest BCUT2D eigenvalue weighted by atomic mass is 9.83. The first kappa shape index (κ1) is 35.9. The zero-order valence-corrected chi connectivity index (χ0v) is 27.6. The van der Waals surface area contributed by atoms with Crippen LogP contribution in [-0.2, 0) is 10.1 Å². The highest BCUT2D eigenvalue weighted by Crippen LogP contribution is 2.54. The van der Waals surface area contributed by atoms with Crippen LogP contribution in [0.25, 0.3) is 32.7 Å². The standard InChI is InChI=1S/C30H30O8.C4H10O3S/c1-11(2)19-15-7-13(5)21(27(35)23(15)17(9-31)25(33)29(19)37)22-14(6)8-16-20(12(3)4)30(38)26(34)18(10-32)24(16)28(22)36;1-2-3-4-8(5,6)7/h7-12,33-38H,1-6H3;2-4H2,1H3,(H,5,6,7). The third-order valence-corrected chi connectivity index (χ3v) is 8.79. The molecule has 0 spiro atoms. The second-order valence-electron chi connectivity index (χ2n) is 11.9. The highest BCUT2D eigenvalue weighted by atomic mass is 32.2. The van der Waals surface area contributed by atoms with Crippen LogP contribution < -0.4 is 0 Å². The Kier molecular flexibility index (Phi) is 10.5. The first-order chi connectivity index (χ1) is 21.4. The number of carbonyl (C=O) groups is 2. The van der Waals surface area contributed by atoms with E-state index in [0.29, 0.717) is 52.0 Å². The van der Waals surface area contributed by atoms with Gasteiger partial charge in [0.05, 0.1) is 16.9 Å². The third-order valence-electron chi connectivity index (χ3n) is 7.98. The molecule has 4 aromatic carbocycles. The number of aldehydes is 2. The van der Waals surface area contributed by atoms with E-state index in [0.717, 1.165) is 6.42 Å². The van der Waals surface area contributed by atoms with Gasteiger partial charge in [0.15, 0.2) is 35.6 Å². The fourth-order valence-electron chi connectivity index (χ4n) is 5.93. The zero-order valence-electron chi connectivity index (χ0n) is 26.8. The van der Waals surface area contributed by atoms with Gasteiger partial charge in [0.25, 0.3) is 10.1 Å². The number of phenolic OH excluding ortho intramolecular Hbond substituents is 6. The summed E-state index contributed by atoms with van der Waals surface area (Å²) in [6.07, 6.45) is 2.01. The molecule has 0 fully saturated rings. The minimum atomic E-state index is -3.69. The van der Waals surface area contributed by atoms with Crippen LogP contribution in [0, 0.1) is 13.8 Å². The first-order valence-electron chi connectivity index (χ1n) is 14.7. The summed E-state index contributed by atoms with van der Waals surface area (Å²) in [5.74, 6) is -3.68. The number of hydrogen-bond acceptors (Lipinski definition) is 10. The Bertz CT molecular complexity index is 1850. The second kappa shape index (κ2) is 13.4. The summed E-state index contributed by atoms with van der Waals surface area (Å²) in [5.41, 5.74) is 1.33. The van der Waals surface area contributed by atoms with Crippen LogP contribution in [0.5, 0.6) is 34.5 Å². The van der Waals surface area contributed by atoms with Crippen molar-refractivity contribution >= 4 is 44.2 Å². The Hall–Kier alpha value is -4.55. The molecular weight excluding hydrogens is 616 g/mol. The molecule has 0 bridgehead atoms. The largest absolute Gasteiger partial charge is 0.507 e. The Morgan fingerprint density at radius 1 is 0.652 bits per heavy atom. The van der Waals surface area contributed by atoms with Crippen molar-refractivity contribution in [3.8, 4) is 45.6 Å². The molecule has 7 N–H and O–H groups in total. The van der Waals surface area contributed by atoms with E-state index in [1.54, 1.807) is 53.7 Å². The maximum Gasteiger partial charge on any atom is 0.264 e. The van der Waals surface area contributed by atoms with Crippen LogP contribution in [0.2, 0.25) is 0 Å². The van der Waals surface area contributed by atoms with Crippen molar-refractivity contribution in [1.82, 2.24) is 0 Å². The average Bonchev–Trinajstić information content (AvgIpc) is 2.95. The van der Waals surface area contributed by atoms with Crippen molar-refractivity contribution in [2.75, 3.05) is 5.75 Å². The van der Waals surface area contributed by atoms with Crippen LogP contribution in [-0.4, -0.2) is 61.9 Å². The van der Waals surface area contributed by atoms with Gasteiger partial charge in [0.1, 0.15) is 11.5 Å². The van der Waals surface area contributed by atoms with E-state index in [-0.39, 0.29) is 50.6 Å². The number of fused-ring (bicyclic) bond motifs is 2. The molecule has 0 aliphatic heterocycles. The predicted molar refractivity (Wildman–Crippen MR) is 177 cm³/mol. The van der Waals surface area contributed by atoms with Gasteiger partial charge in [0.2, 0.25) is 0 Å². The smallest absolute Gasteiger partial charge is 0.264 e. The van der Waals surface area contributed by atoms with Gasteiger partial charge in [0, 0.05) is 33.0 Å². The fourth-order valence-corrected chi connectivity index (χ4v) is 6.58.